The van der Waals surface area contributed by atoms with Gasteiger partial charge in [0.05, 0.1) is 0 Å². The molecule has 0 atom stereocenters. The molecule has 0 amide bonds. The molecule has 1 aliphatic rings. The number of rotatable bonds is 5. The summed E-state index contributed by atoms with van der Waals surface area (Å²) in [7, 11) is -1.71. The summed E-state index contributed by atoms with van der Waals surface area (Å²) in [5.74, 6) is 0. The minimum atomic E-state index is -1.71. The molecule has 0 fully saturated rings. The van der Waals surface area contributed by atoms with Gasteiger partial charge in [0.2, 0.25) is 6.71 Å². The zero-order valence-corrected chi connectivity index (χ0v) is 23.7. The van der Waals surface area contributed by atoms with Crippen molar-refractivity contribution in [3.05, 3.63) is 69.6 Å². The lowest BCUT2D eigenvalue weighted by Gasteiger charge is -2.42. The topological polar surface area (TPSA) is 0 Å². The summed E-state index contributed by atoms with van der Waals surface area (Å²) in [4.78, 5) is 1.46. The van der Waals surface area contributed by atoms with Crippen molar-refractivity contribution in [3.63, 3.8) is 0 Å². The van der Waals surface area contributed by atoms with Gasteiger partial charge in [0.25, 0.3) is 0 Å². The average Bonchev–Trinajstić information content (AvgIpc) is 3.06. The van der Waals surface area contributed by atoms with Crippen LogP contribution in [0.3, 0.4) is 0 Å². The maximum Gasteiger partial charge on any atom is 0.244 e. The molecule has 0 radical (unpaired) electrons. The molecule has 33 heavy (non-hydrogen) atoms. The third kappa shape index (κ3) is 3.92. The standard InChI is InChI=1S/C30H39BSSi/c1-19(2)33(20(3)4,21(5)6)29-18-27-28(32-29)15-14-25-12-10-11-13-26(25)31(27)30-23(8)16-22(7)17-24(30)9/h10-21H,1-9H3. The highest BCUT2D eigenvalue weighted by molar-refractivity contribution is 7.29. The zero-order chi connectivity index (χ0) is 24.1. The molecule has 0 bridgehead atoms. The van der Waals surface area contributed by atoms with Gasteiger partial charge in [0.1, 0.15) is 8.07 Å². The Kier molecular flexibility index (Phi) is 6.68. The van der Waals surface area contributed by atoms with Gasteiger partial charge in [0, 0.05) is 4.88 Å². The van der Waals surface area contributed by atoms with E-state index in [1.54, 1.807) is 4.50 Å². The van der Waals surface area contributed by atoms with Crippen molar-refractivity contribution in [2.75, 3.05) is 0 Å². The SMILES string of the molecule is Cc1cc(C)c(B2c3ccccc3C=Cc3sc([Si](C(C)C)(C(C)C)C(C)C)cc32)c(C)c1. The summed E-state index contributed by atoms with van der Waals surface area (Å²) in [5, 5.41) is 0. The van der Waals surface area contributed by atoms with Crippen LogP contribution in [-0.2, 0) is 0 Å². The van der Waals surface area contributed by atoms with Crippen molar-refractivity contribution in [1.82, 2.24) is 0 Å². The predicted molar refractivity (Wildman–Crippen MR) is 156 cm³/mol. The van der Waals surface area contributed by atoms with E-state index in [2.05, 4.69) is 128 Å². The van der Waals surface area contributed by atoms with Crippen molar-refractivity contribution in [3.8, 4) is 0 Å². The molecule has 0 aliphatic carbocycles. The lowest BCUT2D eigenvalue weighted by atomic mass is 9.35. The molecule has 0 spiro atoms. The number of aryl methyl sites for hydroxylation is 3. The van der Waals surface area contributed by atoms with Crippen LogP contribution in [0.25, 0.3) is 12.2 Å². The second-order valence-electron chi connectivity index (χ2n) is 11.0. The Hall–Kier alpha value is -1.84. The minimum absolute atomic E-state index is 0.287. The summed E-state index contributed by atoms with van der Waals surface area (Å²) in [6.07, 6.45) is 4.76. The average molecular weight is 471 g/mol. The maximum atomic E-state index is 2.65. The Morgan fingerprint density at radius 3 is 1.88 bits per heavy atom. The van der Waals surface area contributed by atoms with Crippen molar-refractivity contribution < 1.29 is 0 Å². The van der Waals surface area contributed by atoms with Gasteiger partial charge in [0.15, 0.2) is 0 Å². The lowest BCUT2D eigenvalue weighted by Crippen LogP contribution is -2.57. The Balaban J connectivity index is 2.04. The van der Waals surface area contributed by atoms with Crippen LogP contribution in [0.5, 0.6) is 0 Å². The van der Waals surface area contributed by atoms with Crippen molar-refractivity contribution in [2.24, 2.45) is 0 Å². The molecule has 4 rings (SSSR count). The smallest absolute Gasteiger partial charge is 0.146 e. The van der Waals surface area contributed by atoms with Gasteiger partial charge in [-0.1, -0.05) is 123 Å². The molecule has 1 aromatic heterocycles. The molecular weight excluding hydrogens is 431 g/mol. The van der Waals surface area contributed by atoms with Crippen LogP contribution in [-0.4, -0.2) is 14.8 Å². The minimum Gasteiger partial charge on any atom is -0.146 e. The van der Waals surface area contributed by atoms with E-state index in [-0.39, 0.29) is 6.71 Å². The predicted octanol–water partition coefficient (Wildman–Crippen LogP) is 6.56. The highest BCUT2D eigenvalue weighted by Crippen LogP contribution is 2.42. The molecule has 0 saturated heterocycles. The fourth-order valence-corrected chi connectivity index (χ4v) is 17.2. The Bertz CT molecular complexity index is 1150. The first-order valence-corrected chi connectivity index (χ1v) is 15.6. The van der Waals surface area contributed by atoms with Crippen LogP contribution < -0.4 is 20.9 Å². The van der Waals surface area contributed by atoms with Crippen LogP contribution in [0.4, 0.5) is 0 Å². The highest BCUT2D eigenvalue weighted by atomic mass is 32.1. The summed E-state index contributed by atoms with van der Waals surface area (Å²) < 4.78 is 1.70. The van der Waals surface area contributed by atoms with Crippen LogP contribution in [0, 0.1) is 20.8 Å². The third-order valence-electron chi connectivity index (χ3n) is 8.14. The van der Waals surface area contributed by atoms with E-state index in [1.165, 1.54) is 43.5 Å². The third-order valence-corrected chi connectivity index (χ3v) is 17.2. The van der Waals surface area contributed by atoms with Crippen LogP contribution in [0.15, 0.2) is 42.5 Å². The molecule has 0 nitrogen and oxygen atoms in total. The summed E-state index contributed by atoms with van der Waals surface area (Å²) in [6, 6.07) is 16.4. The molecule has 3 aromatic rings. The molecule has 172 valence electrons. The summed E-state index contributed by atoms with van der Waals surface area (Å²) >= 11 is 2.10. The molecule has 2 aromatic carbocycles. The monoisotopic (exact) mass is 470 g/mol. The van der Waals surface area contributed by atoms with E-state index in [0.717, 1.165) is 16.6 Å². The van der Waals surface area contributed by atoms with Crippen molar-refractivity contribution in [1.29, 1.82) is 0 Å². The van der Waals surface area contributed by atoms with Crippen molar-refractivity contribution >= 4 is 59.2 Å². The molecule has 0 unspecified atom stereocenters. The van der Waals surface area contributed by atoms with Crippen LogP contribution >= 0.6 is 11.3 Å². The number of hydrogen-bond acceptors (Lipinski definition) is 1. The van der Waals surface area contributed by atoms with E-state index in [4.69, 9.17) is 0 Å². The Labute approximate surface area is 207 Å². The van der Waals surface area contributed by atoms with Gasteiger partial charge in [-0.15, -0.1) is 11.3 Å². The lowest BCUT2D eigenvalue weighted by molar-refractivity contribution is 0.837. The summed E-state index contributed by atoms with van der Waals surface area (Å²) in [6.45, 7) is 22.0. The second kappa shape index (κ2) is 9.08. The molecular formula is C30H39BSSi. The van der Waals surface area contributed by atoms with Gasteiger partial charge >= 0.3 is 0 Å². The fraction of sp³-hybridized carbons (Fsp3) is 0.400. The van der Waals surface area contributed by atoms with E-state index in [9.17, 15) is 0 Å². The maximum absolute atomic E-state index is 2.65. The zero-order valence-electron chi connectivity index (χ0n) is 21.9. The van der Waals surface area contributed by atoms with E-state index < -0.39 is 8.07 Å². The Morgan fingerprint density at radius 2 is 1.30 bits per heavy atom. The summed E-state index contributed by atoms with van der Waals surface area (Å²) in [5.41, 5.74) is 12.1. The normalized spacial score (nSPS) is 13.6. The van der Waals surface area contributed by atoms with E-state index in [1.807, 2.05) is 0 Å². The first-order chi connectivity index (χ1) is 15.6. The first kappa shape index (κ1) is 24.3. The van der Waals surface area contributed by atoms with Gasteiger partial charge < -0.3 is 0 Å². The fourth-order valence-electron chi connectivity index (χ4n) is 7.06. The number of benzene rings is 2. The van der Waals surface area contributed by atoms with Gasteiger partial charge in [-0.2, -0.15) is 0 Å². The number of hydrogen-bond donors (Lipinski definition) is 0. The molecule has 2 heterocycles. The molecule has 1 aliphatic heterocycles. The van der Waals surface area contributed by atoms with E-state index >= 15 is 0 Å². The first-order valence-electron chi connectivity index (χ1n) is 12.6. The molecule has 0 saturated carbocycles. The van der Waals surface area contributed by atoms with Crippen molar-refractivity contribution in [2.45, 2.75) is 78.9 Å². The van der Waals surface area contributed by atoms with Crippen LogP contribution in [0.2, 0.25) is 16.6 Å². The van der Waals surface area contributed by atoms with Gasteiger partial charge in [-0.05, 0) is 53.5 Å². The number of thiophene rings is 1. The largest absolute Gasteiger partial charge is 0.244 e. The molecule has 0 N–H and O–H groups in total. The van der Waals surface area contributed by atoms with Gasteiger partial charge in [-0.3, -0.25) is 0 Å². The highest BCUT2D eigenvalue weighted by Gasteiger charge is 2.46. The quantitative estimate of drug-likeness (QED) is 0.290. The number of fused-ring (bicyclic) bond motifs is 2. The van der Waals surface area contributed by atoms with Crippen LogP contribution in [0.1, 0.15) is 68.7 Å². The van der Waals surface area contributed by atoms with Gasteiger partial charge in [-0.25, -0.2) is 0 Å². The Morgan fingerprint density at radius 1 is 0.727 bits per heavy atom. The van der Waals surface area contributed by atoms with E-state index in [0.29, 0.717) is 0 Å². The second-order valence-corrected chi connectivity index (χ2v) is 18.3. The molecule has 3 heteroatoms.